The molecule has 0 radical (unpaired) electrons. The summed E-state index contributed by atoms with van der Waals surface area (Å²) in [5, 5.41) is 3.84. The first-order chi connectivity index (χ1) is 8.49. The summed E-state index contributed by atoms with van der Waals surface area (Å²) >= 11 is 0. The second kappa shape index (κ2) is 4.69. The van der Waals surface area contributed by atoms with Gasteiger partial charge >= 0.3 is 5.69 Å². The number of nitrogens with zero attached hydrogens (tertiary/aromatic N) is 3. The van der Waals surface area contributed by atoms with Crippen molar-refractivity contribution in [3.05, 3.63) is 52.2 Å². The Bertz CT molecular complexity index is 620. The Hall–Kier alpha value is -2.02. The van der Waals surface area contributed by atoms with Gasteiger partial charge in [-0.15, -0.1) is 0 Å². The van der Waals surface area contributed by atoms with Crippen molar-refractivity contribution in [3.8, 4) is 0 Å². The minimum absolute atomic E-state index is 0.102. The zero-order valence-electron chi connectivity index (χ0n) is 9.68. The molecule has 2 N–H and O–H groups in total. The van der Waals surface area contributed by atoms with Gasteiger partial charge in [-0.25, -0.2) is 18.3 Å². The highest BCUT2D eigenvalue weighted by Crippen LogP contribution is 2.15. The molecular weight excluding hydrogens is 242 g/mol. The van der Waals surface area contributed by atoms with Gasteiger partial charge in [-0.05, 0) is 17.7 Å². The van der Waals surface area contributed by atoms with Gasteiger partial charge in [0.05, 0.1) is 6.54 Å². The summed E-state index contributed by atoms with van der Waals surface area (Å²) in [6, 6.07) is 2.78. The lowest BCUT2D eigenvalue weighted by molar-refractivity contribution is 0.489. The monoisotopic (exact) mass is 254 g/mol. The van der Waals surface area contributed by atoms with Gasteiger partial charge in [-0.1, -0.05) is 6.07 Å². The highest BCUT2D eigenvalue weighted by atomic mass is 19.2. The maximum atomic E-state index is 13.0. The lowest BCUT2D eigenvalue weighted by Crippen LogP contribution is -2.28. The molecule has 1 unspecified atom stereocenters. The molecule has 1 heterocycles. The van der Waals surface area contributed by atoms with Gasteiger partial charge in [0.2, 0.25) is 0 Å². The van der Waals surface area contributed by atoms with Crippen molar-refractivity contribution in [2.75, 3.05) is 0 Å². The van der Waals surface area contributed by atoms with Crippen LogP contribution in [0.1, 0.15) is 11.6 Å². The zero-order valence-corrected chi connectivity index (χ0v) is 9.68. The van der Waals surface area contributed by atoms with Crippen LogP contribution in [0.4, 0.5) is 8.78 Å². The van der Waals surface area contributed by atoms with E-state index in [1.54, 1.807) is 7.05 Å². The summed E-state index contributed by atoms with van der Waals surface area (Å²) in [5.74, 6) is -1.89. The van der Waals surface area contributed by atoms with E-state index >= 15 is 0 Å². The molecule has 0 saturated carbocycles. The largest absolute Gasteiger partial charge is 0.345 e. The fraction of sp³-hybridized carbons (Fsp3) is 0.273. The molecule has 2 aromatic rings. The van der Waals surface area contributed by atoms with Gasteiger partial charge in [0.1, 0.15) is 6.33 Å². The molecule has 1 aromatic carbocycles. The first-order valence-electron chi connectivity index (χ1n) is 5.28. The lowest BCUT2D eigenvalue weighted by atomic mass is 10.1. The number of aromatic nitrogens is 3. The third kappa shape index (κ3) is 2.30. The van der Waals surface area contributed by atoms with Gasteiger partial charge in [0.25, 0.3) is 0 Å². The molecule has 0 aliphatic rings. The summed E-state index contributed by atoms with van der Waals surface area (Å²) in [7, 11) is 1.56. The quantitative estimate of drug-likeness (QED) is 0.870. The SMILES string of the molecule is Cn1cnn(CC(N)c2ccc(F)c(F)c2)c1=O. The van der Waals surface area contributed by atoms with Crippen LogP contribution in [0.3, 0.4) is 0 Å². The van der Waals surface area contributed by atoms with Gasteiger partial charge < -0.3 is 5.73 Å². The predicted molar refractivity (Wildman–Crippen MR) is 60.8 cm³/mol. The summed E-state index contributed by atoms with van der Waals surface area (Å²) in [6.07, 6.45) is 1.36. The molecule has 0 bridgehead atoms. The third-order valence-electron chi connectivity index (χ3n) is 2.63. The normalized spacial score (nSPS) is 12.7. The zero-order chi connectivity index (χ0) is 13.3. The highest BCUT2D eigenvalue weighted by Gasteiger charge is 2.12. The molecule has 0 fully saturated rings. The van der Waals surface area contributed by atoms with E-state index in [0.29, 0.717) is 5.56 Å². The standard InChI is InChI=1S/C11H12F2N4O/c1-16-6-15-17(11(16)18)5-10(14)7-2-3-8(12)9(13)4-7/h2-4,6,10H,5,14H2,1H3. The molecule has 0 saturated heterocycles. The molecule has 1 atom stereocenters. The Balaban J connectivity index is 2.21. The number of nitrogens with two attached hydrogens (primary N) is 1. The topological polar surface area (TPSA) is 65.8 Å². The van der Waals surface area contributed by atoms with Gasteiger partial charge in [0.15, 0.2) is 11.6 Å². The number of hydrogen-bond acceptors (Lipinski definition) is 3. The number of aryl methyl sites for hydroxylation is 1. The molecule has 2 rings (SSSR count). The molecule has 0 amide bonds. The molecule has 1 aromatic heterocycles. The molecule has 5 nitrogen and oxygen atoms in total. The maximum Gasteiger partial charge on any atom is 0.345 e. The van der Waals surface area contributed by atoms with Crippen molar-refractivity contribution < 1.29 is 8.78 Å². The first-order valence-corrected chi connectivity index (χ1v) is 5.28. The van der Waals surface area contributed by atoms with Crippen LogP contribution in [-0.4, -0.2) is 14.3 Å². The fourth-order valence-electron chi connectivity index (χ4n) is 1.58. The second-order valence-electron chi connectivity index (χ2n) is 3.99. The number of halogens is 2. The number of rotatable bonds is 3. The van der Waals surface area contributed by atoms with Crippen LogP contribution in [0.2, 0.25) is 0 Å². The van der Waals surface area contributed by atoms with Crippen LogP contribution in [0, 0.1) is 11.6 Å². The average molecular weight is 254 g/mol. The van der Waals surface area contributed by atoms with E-state index in [4.69, 9.17) is 5.73 Å². The van der Waals surface area contributed by atoms with Crippen LogP contribution in [0.25, 0.3) is 0 Å². The van der Waals surface area contributed by atoms with Crippen molar-refractivity contribution in [1.82, 2.24) is 14.3 Å². The molecule has 0 aliphatic heterocycles. The van der Waals surface area contributed by atoms with Crippen LogP contribution in [-0.2, 0) is 13.6 Å². The van der Waals surface area contributed by atoms with E-state index in [1.807, 2.05) is 0 Å². The molecular formula is C11H12F2N4O. The van der Waals surface area contributed by atoms with E-state index < -0.39 is 17.7 Å². The van der Waals surface area contributed by atoms with Crippen molar-refractivity contribution in [1.29, 1.82) is 0 Å². The number of hydrogen-bond donors (Lipinski definition) is 1. The predicted octanol–water partition coefficient (Wildman–Crippen LogP) is 0.560. The molecule has 18 heavy (non-hydrogen) atoms. The fourth-order valence-corrected chi connectivity index (χ4v) is 1.58. The van der Waals surface area contributed by atoms with Crippen molar-refractivity contribution >= 4 is 0 Å². The van der Waals surface area contributed by atoms with Gasteiger partial charge in [-0.3, -0.25) is 4.57 Å². The van der Waals surface area contributed by atoms with E-state index in [-0.39, 0.29) is 12.2 Å². The van der Waals surface area contributed by atoms with Gasteiger partial charge in [0, 0.05) is 13.1 Å². The number of benzene rings is 1. The van der Waals surface area contributed by atoms with Crippen molar-refractivity contribution in [3.63, 3.8) is 0 Å². The Morgan fingerprint density at radius 1 is 1.39 bits per heavy atom. The van der Waals surface area contributed by atoms with Crippen molar-refractivity contribution in [2.24, 2.45) is 12.8 Å². The Morgan fingerprint density at radius 3 is 2.67 bits per heavy atom. The highest BCUT2D eigenvalue weighted by molar-refractivity contribution is 5.20. The van der Waals surface area contributed by atoms with E-state index in [0.717, 1.165) is 12.1 Å². The molecule has 0 aliphatic carbocycles. The minimum Gasteiger partial charge on any atom is -0.322 e. The second-order valence-corrected chi connectivity index (χ2v) is 3.99. The van der Waals surface area contributed by atoms with E-state index in [9.17, 15) is 13.6 Å². The van der Waals surface area contributed by atoms with Crippen molar-refractivity contribution in [2.45, 2.75) is 12.6 Å². The molecule has 96 valence electrons. The molecule has 0 spiro atoms. The van der Waals surface area contributed by atoms with Crippen LogP contribution in [0.15, 0.2) is 29.3 Å². The smallest absolute Gasteiger partial charge is 0.322 e. The van der Waals surface area contributed by atoms with E-state index in [1.165, 1.54) is 21.6 Å². The van der Waals surface area contributed by atoms with Crippen LogP contribution in [0.5, 0.6) is 0 Å². The van der Waals surface area contributed by atoms with Crippen LogP contribution >= 0.6 is 0 Å². The molecule has 7 heteroatoms. The Morgan fingerprint density at radius 2 is 2.11 bits per heavy atom. The summed E-state index contributed by atoms with van der Waals surface area (Å²) in [6.45, 7) is 0.102. The first kappa shape index (κ1) is 12.4. The summed E-state index contributed by atoms with van der Waals surface area (Å²) < 4.78 is 28.3. The summed E-state index contributed by atoms with van der Waals surface area (Å²) in [5.41, 5.74) is 5.92. The minimum atomic E-state index is -0.962. The maximum absolute atomic E-state index is 13.0. The van der Waals surface area contributed by atoms with E-state index in [2.05, 4.69) is 5.10 Å². The lowest BCUT2D eigenvalue weighted by Gasteiger charge is -2.11. The average Bonchev–Trinajstić information content (AvgIpc) is 2.64. The van der Waals surface area contributed by atoms with Crippen LogP contribution < -0.4 is 11.4 Å². The summed E-state index contributed by atoms with van der Waals surface area (Å²) in [4.78, 5) is 11.5. The van der Waals surface area contributed by atoms with Gasteiger partial charge in [-0.2, -0.15) is 5.10 Å². The third-order valence-corrected chi connectivity index (χ3v) is 2.63. The Labute approximate surface area is 101 Å². The Kier molecular flexibility index (Phi) is 3.24.